The molecule has 0 atom stereocenters. The number of nitrogens with zero attached hydrogens (tertiary/aromatic N) is 1. The first kappa shape index (κ1) is 17.8. The summed E-state index contributed by atoms with van der Waals surface area (Å²) < 4.78 is 86.8. The molecular formula is C16H7F6NO3. The van der Waals surface area contributed by atoms with Gasteiger partial charge in [-0.25, -0.2) is 9.78 Å². The summed E-state index contributed by atoms with van der Waals surface area (Å²) in [6.07, 6.45) is -9.00. The number of halogens is 6. The molecule has 4 nitrogen and oxygen atoms in total. The predicted octanol–water partition coefficient (Wildman–Crippen LogP) is 5.08. The number of oxazole rings is 1. The van der Waals surface area contributed by atoms with Crippen LogP contribution in [0.1, 0.15) is 21.5 Å². The van der Waals surface area contributed by atoms with E-state index in [4.69, 9.17) is 9.15 Å². The summed E-state index contributed by atoms with van der Waals surface area (Å²) in [5.74, 6) is -1.48. The topological polar surface area (TPSA) is 52.3 Å². The van der Waals surface area contributed by atoms with Crippen LogP contribution in [0.5, 0.6) is 5.75 Å². The molecule has 0 aliphatic rings. The molecule has 0 amide bonds. The van der Waals surface area contributed by atoms with Crippen molar-refractivity contribution in [3.05, 3.63) is 59.5 Å². The average Bonchev–Trinajstić information content (AvgIpc) is 3.00. The summed E-state index contributed by atoms with van der Waals surface area (Å²) in [5, 5.41) is 0. The monoisotopic (exact) mass is 375 g/mol. The van der Waals surface area contributed by atoms with E-state index in [9.17, 15) is 31.1 Å². The van der Waals surface area contributed by atoms with Gasteiger partial charge in [-0.1, -0.05) is 0 Å². The second kappa shape index (κ2) is 6.04. The lowest BCUT2D eigenvalue weighted by Crippen LogP contribution is -2.15. The van der Waals surface area contributed by atoms with Crippen LogP contribution in [0.2, 0.25) is 0 Å². The molecule has 0 spiro atoms. The third kappa shape index (κ3) is 3.63. The lowest BCUT2D eigenvalue weighted by Gasteiger charge is -2.13. The number of alkyl halides is 6. The van der Waals surface area contributed by atoms with Crippen LogP contribution in [0, 0.1) is 0 Å². The normalized spacial score (nSPS) is 12.4. The molecule has 0 fully saturated rings. The number of ether oxygens (including phenoxy) is 1. The molecule has 10 heteroatoms. The number of hydrogen-bond donors (Lipinski definition) is 0. The van der Waals surface area contributed by atoms with Crippen LogP contribution in [0.25, 0.3) is 11.1 Å². The second-order valence-electron chi connectivity index (χ2n) is 5.17. The third-order valence-corrected chi connectivity index (χ3v) is 3.34. The molecule has 1 aromatic heterocycles. The lowest BCUT2D eigenvalue weighted by atomic mass is 10.0. The predicted molar refractivity (Wildman–Crippen MR) is 75.4 cm³/mol. The van der Waals surface area contributed by atoms with Crippen molar-refractivity contribution < 1.29 is 40.3 Å². The molecule has 0 saturated carbocycles. The van der Waals surface area contributed by atoms with Crippen LogP contribution < -0.4 is 4.74 Å². The maximum Gasteiger partial charge on any atom is 0.416 e. The van der Waals surface area contributed by atoms with Crippen LogP contribution in [0.3, 0.4) is 0 Å². The minimum Gasteiger partial charge on any atom is -0.443 e. The lowest BCUT2D eigenvalue weighted by molar-refractivity contribution is -0.143. The molecule has 1 heterocycles. The molecule has 26 heavy (non-hydrogen) atoms. The standard InChI is InChI=1S/C16H7F6NO3/c17-15(18,19)9-3-8(4-10(5-9)16(20,21)22)14(24)26-11-1-2-13-12(6-11)23-7-25-13/h1-7H. The fourth-order valence-corrected chi connectivity index (χ4v) is 2.14. The Morgan fingerprint density at radius 1 is 0.923 bits per heavy atom. The van der Waals surface area contributed by atoms with Gasteiger partial charge in [-0.2, -0.15) is 26.3 Å². The summed E-state index contributed by atoms with van der Waals surface area (Å²) in [5.41, 5.74) is -3.43. The van der Waals surface area contributed by atoms with Crippen molar-refractivity contribution in [1.29, 1.82) is 0 Å². The number of carbonyl (C=O) groups excluding carboxylic acids is 1. The molecule has 0 radical (unpaired) electrons. The van der Waals surface area contributed by atoms with Gasteiger partial charge in [-0.05, 0) is 30.3 Å². The van der Waals surface area contributed by atoms with E-state index in [-0.39, 0.29) is 11.8 Å². The molecule has 0 N–H and O–H groups in total. The first-order valence-corrected chi connectivity index (χ1v) is 6.89. The smallest absolute Gasteiger partial charge is 0.416 e. The second-order valence-corrected chi connectivity index (χ2v) is 5.17. The number of aromatic nitrogens is 1. The highest BCUT2D eigenvalue weighted by Gasteiger charge is 2.37. The Morgan fingerprint density at radius 2 is 1.54 bits per heavy atom. The summed E-state index contributed by atoms with van der Waals surface area (Å²) >= 11 is 0. The van der Waals surface area contributed by atoms with E-state index >= 15 is 0 Å². The molecule has 0 aliphatic carbocycles. The largest absolute Gasteiger partial charge is 0.443 e. The van der Waals surface area contributed by atoms with Gasteiger partial charge in [-0.15, -0.1) is 0 Å². The zero-order valence-electron chi connectivity index (χ0n) is 12.5. The van der Waals surface area contributed by atoms with E-state index in [0.717, 1.165) is 6.39 Å². The number of rotatable bonds is 2. The van der Waals surface area contributed by atoms with Crippen molar-refractivity contribution in [2.24, 2.45) is 0 Å². The van der Waals surface area contributed by atoms with Gasteiger partial charge in [0, 0.05) is 6.07 Å². The zero-order chi connectivity index (χ0) is 19.1. The summed E-state index contributed by atoms with van der Waals surface area (Å²) in [6, 6.07) is 4.44. The average molecular weight is 375 g/mol. The van der Waals surface area contributed by atoms with E-state index in [2.05, 4.69) is 4.98 Å². The zero-order valence-corrected chi connectivity index (χ0v) is 12.5. The van der Waals surface area contributed by atoms with Gasteiger partial charge in [0.25, 0.3) is 0 Å². The van der Waals surface area contributed by atoms with E-state index in [0.29, 0.717) is 23.2 Å². The number of fused-ring (bicyclic) bond motifs is 1. The summed E-state index contributed by atoms with van der Waals surface area (Å²) in [7, 11) is 0. The Labute approximate surface area is 141 Å². The maximum atomic E-state index is 12.8. The van der Waals surface area contributed by atoms with Crippen molar-refractivity contribution >= 4 is 17.1 Å². The summed E-state index contributed by atoms with van der Waals surface area (Å²) in [6.45, 7) is 0. The Balaban J connectivity index is 1.97. The molecule has 3 aromatic rings. The number of hydrogen-bond acceptors (Lipinski definition) is 4. The number of carbonyl (C=O) groups is 1. The molecule has 0 bridgehead atoms. The van der Waals surface area contributed by atoms with E-state index < -0.39 is 35.0 Å². The molecule has 0 unspecified atom stereocenters. The first-order chi connectivity index (χ1) is 12.0. The van der Waals surface area contributed by atoms with Gasteiger partial charge in [0.15, 0.2) is 12.0 Å². The van der Waals surface area contributed by atoms with Crippen LogP contribution >= 0.6 is 0 Å². The molecular weight excluding hydrogens is 368 g/mol. The SMILES string of the molecule is O=C(Oc1ccc2ocnc2c1)c1cc(C(F)(F)F)cc(C(F)(F)F)c1. The summed E-state index contributed by atoms with van der Waals surface area (Å²) in [4.78, 5) is 15.8. The number of esters is 1. The van der Waals surface area contributed by atoms with E-state index in [1.165, 1.54) is 18.2 Å². The van der Waals surface area contributed by atoms with E-state index in [1.54, 1.807) is 0 Å². The highest BCUT2D eigenvalue weighted by atomic mass is 19.4. The van der Waals surface area contributed by atoms with Gasteiger partial charge < -0.3 is 9.15 Å². The Bertz CT molecular complexity index is 942. The molecule has 3 rings (SSSR count). The van der Waals surface area contributed by atoms with Crippen LogP contribution in [-0.4, -0.2) is 11.0 Å². The van der Waals surface area contributed by atoms with Gasteiger partial charge in [0.2, 0.25) is 0 Å². The number of benzene rings is 2. The minimum absolute atomic E-state index is 0.0712. The first-order valence-electron chi connectivity index (χ1n) is 6.89. The molecule has 0 saturated heterocycles. The highest BCUT2D eigenvalue weighted by molar-refractivity contribution is 5.92. The van der Waals surface area contributed by atoms with Crippen LogP contribution in [-0.2, 0) is 12.4 Å². The van der Waals surface area contributed by atoms with Crippen molar-refractivity contribution in [2.45, 2.75) is 12.4 Å². The van der Waals surface area contributed by atoms with Crippen LogP contribution in [0.15, 0.2) is 47.2 Å². The van der Waals surface area contributed by atoms with Gasteiger partial charge in [-0.3, -0.25) is 0 Å². The highest BCUT2D eigenvalue weighted by Crippen LogP contribution is 2.36. The van der Waals surface area contributed by atoms with Gasteiger partial charge in [0.05, 0.1) is 16.7 Å². The Hall–Kier alpha value is -3.04. The minimum atomic E-state index is -5.06. The molecule has 0 aliphatic heterocycles. The maximum absolute atomic E-state index is 12.8. The van der Waals surface area contributed by atoms with Crippen molar-refractivity contribution in [1.82, 2.24) is 4.98 Å². The van der Waals surface area contributed by atoms with Gasteiger partial charge >= 0.3 is 18.3 Å². The van der Waals surface area contributed by atoms with Crippen molar-refractivity contribution in [3.63, 3.8) is 0 Å². The van der Waals surface area contributed by atoms with Crippen LogP contribution in [0.4, 0.5) is 26.3 Å². The van der Waals surface area contributed by atoms with Gasteiger partial charge in [0.1, 0.15) is 11.3 Å². The molecule has 136 valence electrons. The Morgan fingerprint density at radius 3 is 2.12 bits per heavy atom. The fourth-order valence-electron chi connectivity index (χ4n) is 2.14. The van der Waals surface area contributed by atoms with Crippen molar-refractivity contribution in [3.8, 4) is 5.75 Å². The molecule has 2 aromatic carbocycles. The third-order valence-electron chi connectivity index (χ3n) is 3.34. The quantitative estimate of drug-likeness (QED) is 0.356. The van der Waals surface area contributed by atoms with E-state index in [1.807, 2.05) is 0 Å². The van der Waals surface area contributed by atoms with Crippen molar-refractivity contribution in [2.75, 3.05) is 0 Å². The Kier molecular flexibility index (Phi) is 4.13. The fraction of sp³-hybridized carbons (Fsp3) is 0.125.